The third kappa shape index (κ3) is 6.83. The number of nitrogens with one attached hydrogen (secondary N) is 1. The molecule has 178 valence electrons. The summed E-state index contributed by atoms with van der Waals surface area (Å²) in [6.45, 7) is 5.45. The van der Waals surface area contributed by atoms with E-state index < -0.39 is 0 Å². The van der Waals surface area contributed by atoms with Crippen LogP contribution in [0.4, 0.5) is 0 Å². The van der Waals surface area contributed by atoms with Gasteiger partial charge < -0.3 is 19.7 Å². The van der Waals surface area contributed by atoms with Gasteiger partial charge in [-0.25, -0.2) is 9.67 Å². The van der Waals surface area contributed by atoms with E-state index in [1.165, 1.54) is 5.56 Å². The second-order valence-electron chi connectivity index (χ2n) is 7.63. The maximum atomic E-state index is 5.40. The largest absolute Gasteiger partial charge is 0.493 e. The second kappa shape index (κ2) is 12.4. The first kappa shape index (κ1) is 26.4. The number of nitrogens with zero attached hydrogens (tertiary/aromatic N) is 5. The highest BCUT2D eigenvalue weighted by Crippen LogP contribution is 2.27. The van der Waals surface area contributed by atoms with Gasteiger partial charge in [0.1, 0.15) is 0 Å². The van der Waals surface area contributed by atoms with Crippen LogP contribution in [-0.2, 0) is 13.0 Å². The predicted octanol–water partition coefficient (Wildman–Crippen LogP) is 3.77. The summed E-state index contributed by atoms with van der Waals surface area (Å²) in [5, 5.41) is 7.89. The molecule has 0 bridgehead atoms. The summed E-state index contributed by atoms with van der Waals surface area (Å²) >= 11 is 0. The number of likely N-dealkylation sites (N-methyl/N-ethyl adjacent to an activating group) is 1. The average molecular weight is 564 g/mol. The van der Waals surface area contributed by atoms with E-state index in [1.54, 1.807) is 21.3 Å². The molecule has 0 spiro atoms. The molecular weight excluding hydrogens is 531 g/mol. The second-order valence-corrected chi connectivity index (χ2v) is 7.63. The number of guanidine groups is 1. The summed E-state index contributed by atoms with van der Waals surface area (Å²) in [5.41, 5.74) is 4.30. The molecule has 0 amide bonds. The van der Waals surface area contributed by atoms with E-state index in [2.05, 4.69) is 37.4 Å². The minimum atomic E-state index is 0. The van der Waals surface area contributed by atoms with Crippen molar-refractivity contribution in [3.05, 3.63) is 65.1 Å². The fourth-order valence-corrected chi connectivity index (χ4v) is 3.51. The molecular formula is C24H33IN6O2. The lowest BCUT2D eigenvalue weighted by atomic mass is 10.1. The molecule has 8 nitrogen and oxygen atoms in total. The van der Waals surface area contributed by atoms with E-state index in [9.17, 15) is 0 Å². The highest BCUT2D eigenvalue weighted by atomic mass is 127. The molecule has 3 aromatic rings. The Morgan fingerprint density at radius 2 is 1.79 bits per heavy atom. The maximum absolute atomic E-state index is 5.40. The Morgan fingerprint density at radius 3 is 2.36 bits per heavy atom. The van der Waals surface area contributed by atoms with E-state index in [1.807, 2.05) is 56.0 Å². The number of aryl methyl sites for hydroxylation is 2. The standard InChI is InChI=1S/C24H32N6O2.HI/c1-17-13-18(2)30(28-17)23-10-8-20(15-26-23)16-27-24(25-3)29(4)12-11-19-7-9-21(31-5)22(14-19)32-6;/h7-10,13-15H,11-12,16H2,1-6H3,(H,25,27);1H. The third-order valence-corrected chi connectivity index (χ3v) is 5.24. The molecule has 9 heteroatoms. The molecule has 0 unspecified atom stereocenters. The van der Waals surface area contributed by atoms with Gasteiger partial charge in [0.05, 0.1) is 19.9 Å². The van der Waals surface area contributed by atoms with Gasteiger partial charge in [-0.05, 0) is 55.7 Å². The molecule has 2 aromatic heterocycles. The van der Waals surface area contributed by atoms with Gasteiger partial charge >= 0.3 is 0 Å². The molecule has 2 heterocycles. The van der Waals surface area contributed by atoms with Gasteiger partial charge in [-0.3, -0.25) is 4.99 Å². The molecule has 0 aliphatic rings. The zero-order chi connectivity index (χ0) is 23.1. The summed E-state index contributed by atoms with van der Waals surface area (Å²) in [4.78, 5) is 11.1. The number of benzene rings is 1. The molecule has 0 saturated heterocycles. The van der Waals surface area contributed by atoms with Crippen molar-refractivity contribution >= 4 is 29.9 Å². The summed E-state index contributed by atoms with van der Waals surface area (Å²) in [7, 11) is 7.11. The van der Waals surface area contributed by atoms with Crippen LogP contribution in [0.1, 0.15) is 22.5 Å². The highest BCUT2D eigenvalue weighted by Gasteiger charge is 2.09. The van der Waals surface area contributed by atoms with Crippen LogP contribution in [0.2, 0.25) is 0 Å². The highest BCUT2D eigenvalue weighted by molar-refractivity contribution is 14.0. The molecule has 0 aliphatic carbocycles. The molecule has 0 atom stereocenters. The van der Waals surface area contributed by atoms with Crippen molar-refractivity contribution in [2.24, 2.45) is 4.99 Å². The van der Waals surface area contributed by atoms with Crippen molar-refractivity contribution in [2.45, 2.75) is 26.8 Å². The van der Waals surface area contributed by atoms with Gasteiger partial charge in [-0.2, -0.15) is 5.10 Å². The van der Waals surface area contributed by atoms with Crippen LogP contribution in [0.25, 0.3) is 5.82 Å². The normalized spacial score (nSPS) is 11.0. The van der Waals surface area contributed by atoms with Crippen molar-refractivity contribution < 1.29 is 9.47 Å². The number of pyridine rings is 1. The molecule has 0 fully saturated rings. The number of hydrogen-bond acceptors (Lipinski definition) is 5. The molecule has 0 radical (unpaired) electrons. The van der Waals surface area contributed by atoms with Crippen LogP contribution in [-0.4, -0.2) is 60.5 Å². The molecule has 33 heavy (non-hydrogen) atoms. The number of halogens is 1. The number of aliphatic imine (C=N–C) groups is 1. The topological polar surface area (TPSA) is 76.8 Å². The zero-order valence-corrected chi connectivity index (χ0v) is 22.5. The minimum Gasteiger partial charge on any atom is -0.493 e. The van der Waals surface area contributed by atoms with E-state index >= 15 is 0 Å². The molecule has 1 N–H and O–H groups in total. The first-order chi connectivity index (χ1) is 15.4. The fraction of sp³-hybridized carbons (Fsp3) is 0.375. The van der Waals surface area contributed by atoms with E-state index in [0.717, 1.165) is 53.2 Å². The lowest BCUT2D eigenvalue weighted by Crippen LogP contribution is -2.39. The lowest BCUT2D eigenvalue weighted by molar-refractivity contribution is 0.354. The van der Waals surface area contributed by atoms with Crippen LogP contribution in [0, 0.1) is 13.8 Å². The van der Waals surface area contributed by atoms with Gasteiger partial charge in [0.25, 0.3) is 0 Å². The monoisotopic (exact) mass is 564 g/mol. The lowest BCUT2D eigenvalue weighted by Gasteiger charge is -2.22. The Kier molecular flexibility index (Phi) is 9.95. The van der Waals surface area contributed by atoms with Crippen LogP contribution >= 0.6 is 24.0 Å². The van der Waals surface area contributed by atoms with Gasteiger partial charge in [-0.1, -0.05) is 12.1 Å². The summed E-state index contributed by atoms with van der Waals surface area (Å²) in [6.07, 6.45) is 2.73. The quantitative estimate of drug-likeness (QED) is 0.255. The van der Waals surface area contributed by atoms with Crippen LogP contribution in [0.5, 0.6) is 11.5 Å². The van der Waals surface area contributed by atoms with Crippen LogP contribution < -0.4 is 14.8 Å². The smallest absolute Gasteiger partial charge is 0.193 e. The van der Waals surface area contributed by atoms with Crippen molar-refractivity contribution in [3.8, 4) is 17.3 Å². The van der Waals surface area contributed by atoms with Gasteiger partial charge in [0, 0.05) is 39.1 Å². The van der Waals surface area contributed by atoms with E-state index in [-0.39, 0.29) is 24.0 Å². The first-order valence-corrected chi connectivity index (χ1v) is 10.6. The van der Waals surface area contributed by atoms with E-state index in [0.29, 0.717) is 6.54 Å². The summed E-state index contributed by atoms with van der Waals surface area (Å²) < 4.78 is 12.6. The van der Waals surface area contributed by atoms with E-state index in [4.69, 9.17) is 9.47 Å². The third-order valence-electron chi connectivity index (χ3n) is 5.24. The zero-order valence-electron chi connectivity index (χ0n) is 20.1. The number of aromatic nitrogens is 3. The van der Waals surface area contributed by atoms with Crippen LogP contribution in [0.3, 0.4) is 0 Å². The van der Waals surface area contributed by atoms with Gasteiger partial charge in [0.15, 0.2) is 23.3 Å². The minimum absolute atomic E-state index is 0. The number of ether oxygens (including phenoxy) is 2. The number of methoxy groups -OCH3 is 2. The molecule has 3 rings (SSSR count). The summed E-state index contributed by atoms with van der Waals surface area (Å²) in [6, 6.07) is 12.1. The van der Waals surface area contributed by atoms with Crippen molar-refractivity contribution in [1.29, 1.82) is 0 Å². The average Bonchev–Trinajstić information content (AvgIpc) is 3.15. The van der Waals surface area contributed by atoms with Gasteiger partial charge in [-0.15, -0.1) is 24.0 Å². The Labute approximate surface area is 213 Å². The number of rotatable bonds is 8. The Hall–Kier alpha value is -2.82. The fourth-order valence-electron chi connectivity index (χ4n) is 3.51. The molecule has 0 saturated carbocycles. The van der Waals surface area contributed by atoms with Crippen LogP contribution in [0.15, 0.2) is 47.6 Å². The van der Waals surface area contributed by atoms with Crippen molar-refractivity contribution in [1.82, 2.24) is 25.0 Å². The number of hydrogen-bond donors (Lipinski definition) is 1. The van der Waals surface area contributed by atoms with Crippen molar-refractivity contribution in [2.75, 3.05) is 34.9 Å². The maximum Gasteiger partial charge on any atom is 0.193 e. The Morgan fingerprint density at radius 1 is 1.06 bits per heavy atom. The summed E-state index contributed by atoms with van der Waals surface area (Å²) in [5.74, 6) is 3.12. The molecule has 1 aromatic carbocycles. The van der Waals surface area contributed by atoms with Gasteiger partial charge in [0.2, 0.25) is 0 Å². The first-order valence-electron chi connectivity index (χ1n) is 10.6. The van der Waals surface area contributed by atoms with Crippen molar-refractivity contribution in [3.63, 3.8) is 0 Å². The Bertz CT molecular complexity index is 1070. The SMILES string of the molecule is CN=C(NCc1ccc(-n2nc(C)cc2C)nc1)N(C)CCc1ccc(OC)c(OC)c1.I. The molecule has 0 aliphatic heterocycles. The Balaban J connectivity index is 0.00000385. The predicted molar refractivity (Wildman–Crippen MR) is 142 cm³/mol.